The lowest BCUT2D eigenvalue weighted by Crippen LogP contribution is -2.43. The van der Waals surface area contributed by atoms with Crippen LogP contribution >= 0.6 is 11.6 Å². The number of H-pyrrole nitrogens is 1. The minimum atomic E-state index is -1.45. The molecule has 0 unspecified atom stereocenters. The molecule has 0 atom stereocenters. The van der Waals surface area contributed by atoms with Crippen LogP contribution in [0.2, 0.25) is 5.02 Å². The molecular formula is C23H22ClF2N5O4. The number of amides is 3. The predicted octanol–water partition coefficient (Wildman–Crippen LogP) is 4.76. The topological polar surface area (TPSA) is 119 Å². The number of hydrogen-bond donors (Lipinski definition) is 3. The van der Waals surface area contributed by atoms with E-state index in [-0.39, 0.29) is 23.1 Å². The third kappa shape index (κ3) is 5.57. The molecule has 0 saturated heterocycles. The number of carbonyl (C=O) groups is 3. The van der Waals surface area contributed by atoms with Crippen LogP contribution in [0, 0.1) is 11.6 Å². The second kappa shape index (κ2) is 11.0. The number of anilines is 2. The van der Waals surface area contributed by atoms with E-state index in [9.17, 15) is 28.3 Å². The van der Waals surface area contributed by atoms with Gasteiger partial charge < -0.3 is 15.3 Å². The highest BCUT2D eigenvalue weighted by Crippen LogP contribution is 2.32. The molecule has 3 rings (SSSR count). The number of nitrogens with one attached hydrogen (secondary N) is 2. The zero-order valence-corrected chi connectivity index (χ0v) is 19.6. The minimum Gasteiger partial charge on any atom is -0.476 e. The van der Waals surface area contributed by atoms with Gasteiger partial charge in [-0.25, -0.2) is 18.4 Å². The maximum absolute atomic E-state index is 13.7. The fourth-order valence-corrected chi connectivity index (χ4v) is 3.62. The summed E-state index contributed by atoms with van der Waals surface area (Å²) in [4.78, 5) is 40.9. The van der Waals surface area contributed by atoms with Crippen LogP contribution in [0.4, 0.5) is 25.1 Å². The number of urea groups is 1. The van der Waals surface area contributed by atoms with E-state index in [1.807, 2.05) is 0 Å². The first-order chi connectivity index (χ1) is 16.7. The molecule has 0 spiro atoms. The van der Waals surface area contributed by atoms with Gasteiger partial charge in [0.15, 0.2) is 23.1 Å². The zero-order chi connectivity index (χ0) is 25.7. The van der Waals surface area contributed by atoms with Crippen molar-refractivity contribution in [1.82, 2.24) is 15.1 Å². The Hall–Kier alpha value is -3.99. The SMILES string of the molecule is CCN(CC)C(=O)N(Cc1ccccc1)c1c(C(=O)O)n[nH]c1NC(=O)c1cc(F)c(F)cc1Cl. The number of aromatic nitrogens is 2. The van der Waals surface area contributed by atoms with Crippen LogP contribution in [0.15, 0.2) is 42.5 Å². The molecule has 0 aliphatic carbocycles. The lowest BCUT2D eigenvalue weighted by Gasteiger charge is -2.29. The molecule has 0 bridgehead atoms. The van der Waals surface area contributed by atoms with Gasteiger partial charge in [0.05, 0.1) is 17.1 Å². The average molecular weight is 506 g/mol. The third-order valence-electron chi connectivity index (χ3n) is 5.15. The van der Waals surface area contributed by atoms with E-state index >= 15 is 0 Å². The number of carboxylic acid groups (broad SMARTS) is 1. The molecule has 3 N–H and O–H groups in total. The maximum Gasteiger partial charge on any atom is 0.358 e. The van der Waals surface area contributed by atoms with Crippen molar-refractivity contribution in [2.45, 2.75) is 20.4 Å². The van der Waals surface area contributed by atoms with E-state index in [0.29, 0.717) is 30.8 Å². The summed E-state index contributed by atoms with van der Waals surface area (Å²) in [5, 5.41) is 17.9. The van der Waals surface area contributed by atoms with Crippen molar-refractivity contribution in [2.75, 3.05) is 23.3 Å². The average Bonchev–Trinajstić information content (AvgIpc) is 3.24. The summed E-state index contributed by atoms with van der Waals surface area (Å²) in [6.45, 7) is 4.18. The van der Waals surface area contributed by atoms with Crippen molar-refractivity contribution in [3.63, 3.8) is 0 Å². The van der Waals surface area contributed by atoms with E-state index in [4.69, 9.17) is 11.6 Å². The number of carbonyl (C=O) groups excluding carboxylic acids is 2. The number of rotatable bonds is 8. The van der Waals surface area contributed by atoms with E-state index in [2.05, 4.69) is 15.5 Å². The second-order valence-electron chi connectivity index (χ2n) is 7.33. The van der Waals surface area contributed by atoms with Crippen LogP contribution in [0.1, 0.15) is 40.3 Å². The minimum absolute atomic E-state index is 0.0369. The summed E-state index contributed by atoms with van der Waals surface area (Å²) in [6, 6.07) is 9.55. The Morgan fingerprint density at radius 3 is 2.31 bits per heavy atom. The quantitative estimate of drug-likeness (QED) is 0.381. The number of nitrogens with zero attached hydrogens (tertiary/aromatic N) is 3. The molecule has 9 nitrogen and oxygen atoms in total. The van der Waals surface area contributed by atoms with Gasteiger partial charge in [0.2, 0.25) is 0 Å². The third-order valence-corrected chi connectivity index (χ3v) is 5.47. The number of carboxylic acids is 1. The normalized spacial score (nSPS) is 10.7. The van der Waals surface area contributed by atoms with Gasteiger partial charge in [0.1, 0.15) is 5.69 Å². The fourth-order valence-electron chi connectivity index (χ4n) is 3.39. The molecule has 184 valence electrons. The van der Waals surface area contributed by atoms with E-state index in [0.717, 1.165) is 0 Å². The van der Waals surface area contributed by atoms with E-state index in [1.165, 1.54) is 9.80 Å². The van der Waals surface area contributed by atoms with Crippen LogP contribution in [-0.4, -0.2) is 51.2 Å². The molecule has 1 aromatic heterocycles. The summed E-state index contributed by atoms with van der Waals surface area (Å²) in [6.07, 6.45) is 0. The van der Waals surface area contributed by atoms with Gasteiger partial charge in [-0.2, -0.15) is 5.10 Å². The highest BCUT2D eigenvalue weighted by atomic mass is 35.5. The molecule has 12 heteroatoms. The first-order valence-corrected chi connectivity index (χ1v) is 10.9. The second-order valence-corrected chi connectivity index (χ2v) is 7.74. The Labute approximate surface area is 204 Å². The van der Waals surface area contributed by atoms with Gasteiger partial charge >= 0.3 is 12.0 Å². The highest BCUT2D eigenvalue weighted by molar-refractivity contribution is 6.34. The van der Waals surface area contributed by atoms with Crippen LogP contribution in [0.25, 0.3) is 0 Å². The molecule has 35 heavy (non-hydrogen) atoms. The van der Waals surface area contributed by atoms with Gasteiger partial charge in [-0.15, -0.1) is 0 Å². The number of halogens is 3. The Morgan fingerprint density at radius 2 is 1.71 bits per heavy atom. The van der Waals surface area contributed by atoms with Crippen LogP contribution in [0.3, 0.4) is 0 Å². The van der Waals surface area contributed by atoms with Crippen LogP contribution in [0.5, 0.6) is 0 Å². The molecule has 0 aliphatic rings. The molecule has 3 amide bonds. The van der Waals surface area contributed by atoms with Gasteiger partial charge in [-0.05, 0) is 31.5 Å². The first kappa shape index (κ1) is 25.6. The van der Waals surface area contributed by atoms with Crippen LogP contribution in [-0.2, 0) is 6.54 Å². The molecule has 2 aromatic carbocycles. The van der Waals surface area contributed by atoms with Crippen molar-refractivity contribution < 1.29 is 28.3 Å². The highest BCUT2D eigenvalue weighted by Gasteiger charge is 2.31. The smallest absolute Gasteiger partial charge is 0.358 e. The number of hydrogen-bond acceptors (Lipinski definition) is 4. The Kier molecular flexibility index (Phi) is 8.02. The Balaban J connectivity index is 2.10. The van der Waals surface area contributed by atoms with E-state index in [1.54, 1.807) is 44.2 Å². The number of benzene rings is 2. The summed E-state index contributed by atoms with van der Waals surface area (Å²) < 4.78 is 27.2. The molecule has 3 aromatic rings. The lowest BCUT2D eigenvalue weighted by atomic mass is 10.2. The van der Waals surface area contributed by atoms with E-state index < -0.39 is 40.8 Å². The van der Waals surface area contributed by atoms with Gasteiger partial charge in [-0.1, -0.05) is 41.9 Å². The van der Waals surface area contributed by atoms with Crippen LogP contribution < -0.4 is 10.2 Å². The standard InChI is InChI=1S/C23H22ClF2N5O4/c1-3-30(4-2)23(35)31(12-13-8-6-5-7-9-13)19-18(22(33)34)28-29-20(19)27-21(32)14-10-16(25)17(26)11-15(14)24/h5-11H,3-4,12H2,1-2H3,(H,33,34)(H2,27,28,29,32). The van der Waals surface area contributed by atoms with Crippen molar-refractivity contribution in [1.29, 1.82) is 0 Å². The molecule has 0 radical (unpaired) electrons. The maximum atomic E-state index is 13.7. The van der Waals surface area contributed by atoms with Crippen molar-refractivity contribution in [3.8, 4) is 0 Å². The molecule has 1 heterocycles. The summed E-state index contributed by atoms with van der Waals surface area (Å²) >= 11 is 5.90. The largest absolute Gasteiger partial charge is 0.476 e. The van der Waals surface area contributed by atoms with Crippen molar-refractivity contribution in [3.05, 3.63) is 75.9 Å². The lowest BCUT2D eigenvalue weighted by molar-refractivity contribution is 0.0691. The summed E-state index contributed by atoms with van der Waals surface area (Å²) in [5.74, 6) is -5.18. The number of aromatic amines is 1. The van der Waals surface area contributed by atoms with Crippen molar-refractivity contribution >= 4 is 41.0 Å². The predicted molar refractivity (Wildman–Crippen MR) is 126 cm³/mol. The monoisotopic (exact) mass is 505 g/mol. The van der Waals surface area contributed by atoms with Gasteiger partial charge in [0, 0.05) is 13.1 Å². The molecule has 0 aliphatic heterocycles. The molecule has 0 saturated carbocycles. The fraction of sp³-hybridized carbons (Fsp3) is 0.217. The summed E-state index contributed by atoms with van der Waals surface area (Å²) in [7, 11) is 0. The molecule has 0 fully saturated rings. The Bertz CT molecular complexity index is 1250. The van der Waals surface area contributed by atoms with Gasteiger partial charge in [-0.3, -0.25) is 14.8 Å². The van der Waals surface area contributed by atoms with Crippen molar-refractivity contribution in [2.24, 2.45) is 0 Å². The Morgan fingerprint density at radius 1 is 1.09 bits per heavy atom. The zero-order valence-electron chi connectivity index (χ0n) is 18.8. The first-order valence-electron chi connectivity index (χ1n) is 10.6. The number of aromatic carboxylic acids is 1. The summed E-state index contributed by atoms with van der Waals surface area (Å²) in [5.41, 5.74) is -0.433. The van der Waals surface area contributed by atoms with Gasteiger partial charge in [0.25, 0.3) is 5.91 Å². The molecular weight excluding hydrogens is 484 g/mol.